The molecule has 0 saturated carbocycles. The Morgan fingerprint density at radius 3 is 2.45 bits per heavy atom. The van der Waals surface area contributed by atoms with E-state index in [0.717, 1.165) is 11.8 Å². The SMILES string of the molecule is CC(C)(C)OC(=O)[CH]CCBr. The quantitative estimate of drug-likeness (QED) is 0.541. The molecule has 1 radical (unpaired) electrons. The van der Waals surface area contributed by atoms with Gasteiger partial charge >= 0.3 is 5.97 Å². The lowest BCUT2D eigenvalue weighted by Crippen LogP contribution is -2.23. The van der Waals surface area contributed by atoms with Crippen LogP contribution in [0.25, 0.3) is 0 Å². The van der Waals surface area contributed by atoms with Gasteiger partial charge in [-0.3, -0.25) is 4.79 Å². The second-order valence-corrected chi connectivity index (χ2v) is 4.01. The van der Waals surface area contributed by atoms with Gasteiger partial charge in [-0.2, -0.15) is 0 Å². The zero-order valence-corrected chi connectivity index (χ0v) is 8.77. The number of carbonyl (C=O) groups is 1. The summed E-state index contributed by atoms with van der Waals surface area (Å²) >= 11 is 3.22. The van der Waals surface area contributed by atoms with Crippen LogP contribution in [-0.4, -0.2) is 16.9 Å². The summed E-state index contributed by atoms with van der Waals surface area (Å²) in [5.74, 6) is -0.239. The number of halogens is 1. The molecule has 0 bridgehead atoms. The minimum atomic E-state index is -0.375. The molecule has 0 aliphatic heterocycles. The number of esters is 1. The number of carbonyl (C=O) groups excluding carboxylic acids is 1. The monoisotopic (exact) mass is 221 g/mol. The van der Waals surface area contributed by atoms with Crippen LogP contribution in [0, 0.1) is 6.42 Å². The Morgan fingerprint density at radius 2 is 2.09 bits per heavy atom. The van der Waals surface area contributed by atoms with Gasteiger partial charge in [-0.05, 0) is 27.2 Å². The highest BCUT2D eigenvalue weighted by Crippen LogP contribution is 2.08. The molecule has 0 aliphatic rings. The summed E-state index contributed by atoms with van der Waals surface area (Å²) in [6.45, 7) is 5.56. The smallest absolute Gasteiger partial charge is 0.310 e. The van der Waals surface area contributed by atoms with Crippen molar-refractivity contribution in [2.45, 2.75) is 32.8 Å². The number of hydrogen-bond acceptors (Lipinski definition) is 2. The van der Waals surface area contributed by atoms with Crippen LogP contribution in [-0.2, 0) is 9.53 Å². The van der Waals surface area contributed by atoms with Crippen LogP contribution in [0.4, 0.5) is 0 Å². The van der Waals surface area contributed by atoms with Crippen LogP contribution < -0.4 is 0 Å². The maximum atomic E-state index is 10.9. The van der Waals surface area contributed by atoms with Crippen LogP contribution in [0.2, 0.25) is 0 Å². The van der Waals surface area contributed by atoms with Crippen LogP contribution in [0.15, 0.2) is 0 Å². The van der Waals surface area contributed by atoms with E-state index < -0.39 is 0 Å². The first kappa shape index (κ1) is 11.0. The van der Waals surface area contributed by atoms with E-state index in [-0.39, 0.29) is 11.6 Å². The van der Waals surface area contributed by atoms with Gasteiger partial charge in [-0.1, -0.05) is 15.9 Å². The molecule has 11 heavy (non-hydrogen) atoms. The van der Waals surface area contributed by atoms with E-state index in [1.54, 1.807) is 6.42 Å². The molecule has 0 fully saturated rings. The maximum Gasteiger partial charge on any atom is 0.310 e. The summed E-state index contributed by atoms with van der Waals surface area (Å²) in [5, 5.41) is 0.798. The molecule has 0 spiro atoms. The zero-order valence-electron chi connectivity index (χ0n) is 7.19. The van der Waals surface area contributed by atoms with Crippen molar-refractivity contribution in [3.05, 3.63) is 6.42 Å². The highest BCUT2D eigenvalue weighted by atomic mass is 79.9. The molecule has 0 saturated heterocycles. The minimum absolute atomic E-state index is 0.239. The Morgan fingerprint density at radius 1 is 1.55 bits per heavy atom. The van der Waals surface area contributed by atoms with E-state index >= 15 is 0 Å². The summed E-state index contributed by atoms with van der Waals surface area (Å²) in [5.41, 5.74) is -0.375. The molecule has 65 valence electrons. The Bertz CT molecular complexity index is 127. The van der Waals surface area contributed by atoms with Crippen molar-refractivity contribution in [2.24, 2.45) is 0 Å². The largest absolute Gasteiger partial charge is 0.460 e. The topological polar surface area (TPSA) is 26.3 Å². The van der Waals surface area contributed by atoms with Gasteiger partial charge in [0.1, 0.15) is 5.60 Å². The number of hydrogen-bond donors (Lipinski definition) is 0. The molecule has 0 aromatic rings. The second-order valence-electron chi connectivity index (χ2n) is 3.22. The molecule has 0 N–H and O–H groups in total. The molecule has 3 heteroatoms. The average molecular weight is 222 g/mol. The second kappa shape index (κ2) is 4.75. The number of rotatable bonds is 3. The molecule has 0 unspecified atom stereocenters. The van der Waals surface area contributed by atoms with E-state index in [1.165, 1.54) is 0 Å². The molecule has 0 aliphatic carbocycles. The Hall–Kier alpha value is -0.0500. The fourth-order valence-electron chi connectivity index (χ4n) is 0.516. The number of ether oxygens (including phenoxy) is 1. The zero-order chi connectivity index (χ0) is 8.91. The van der Waals surface area contributed by atoms with Gasteiger partial charge in [0.05, 0.1) is 6.42 Å². The van der Waals surface area contributed by atoms with Crippen molar-refractivity contribution in [2.75, 3.05) is 5.33 Å². The van der Waals surface area contributed by atoms with Gasteiger partial charge < -0.3 is 4.74 Å². The van der Waals surface area contributed by atoms with Crippen molar-refractivity contribution >= 4 is 21.9 Å². The first-order valence-electron chi connectivity index (χ1n) is 3.58. The van der Waals surface area contributed by atoms with Crippen molar-refractivity contribution in [1.82, 2.24) is 0 Å². The molecule has 0 aromatic carbocycles. The van der Waals surface area contributed by atoms with Crippen molar-refractivity contribution < 1.29 is 9.53 Å². The molecular formula is C8H14BrO2. The molecule has 0 aromatic heterocycles. The summed E-state index contributed by atoms with van der Waals surface area (Å²) in [7, 11) is 0. The summed E-state index contributed by atoms with van der Waals surface area (Å²) in [4.78, 5) is 10.9. The first-order chi connectivity index (χ1) is 4.95. The minimum Gasteiger partial charge on any atom is -0.460 e. The van der Waals surface area contributed by atoms with Crippen molar-refractivity contribution in [1.29, 1.82) is 0 Å². The van der Waals surface area contributed by atoms with Crippen LogP contribution in [0.3, 0.4) is 0 Å². The molecule has 0 rings (SSSR count). The Kier molecular flexibility index (Phi) is 4.73. The Balaban J connectivity index is 3.53. The highest BCUT2D eigenvalue weighted by molar-refractivity contribution is 9.09. The third kappa shape index (κ3) is 7.85. The van der Waals surface area contributed by atoms with Gasteiger partial charge in [0.15, 0.2) is 0 Å². The molecule has 2 nitrogen and oxygen atoms in total. The fraction of sp³-hybridized carbons (Fsp3) is 0.750. The lowest BCUT2D eigenvalue weighted by molar-refractivity contribution is -0.150. The lowest BCUT2D eigenvalue weighted by Gasteiger charge is -2.18. The molecule has 0 amide bonds. The third-order valence-corrected chi connectivity index (χ3v) is 1.28. The van der Waals surface area contributed by atoms with E-state index in [9.17, 15) is 4.79 Å². The predicted molar refractivity (Wildman–Crippen MR) is 48.6 cm³/mol. The molecule has 0 heterocycles. The van der Waals surface area contributed by atoms with Crippen molar-refractivity contribution in [3.63, 3.8) is 0 Å². The summed E-state index contributed by atoms with van der Waals surface area (Å²) in [6.07, 6.45) is 2.26. The number of alkyl halides is 1. The highest BCUT2D eigenvalue weighted by Gasteiger charge is 2.15. The summed E-state index contributed by atoms with van der Waals surface area (Å²) in [6, 6.07) is 0. The predicted octanol–water partition coefficient (Wildman–Crippen LogP) is 2.32. The van der Waals surface area contributed by atoms with Gasteiger partial charge in [-0.25, -0.2) is 0 Å². The van der Waals surface area contributed by atoms with Crippen LogP contribution in [0.1, 0.15) is 27.2 Å². The van der Waals surface area contributed by atoms with E-state index in [1.807, 2.05) is 20.8 Å². The van der Waals surface area contributed by atoms with Crippen LogP contribution >= 0.6 is 15.9 Å². The standard InChI is InChI=1S/C8H14BrO2/c1-8(2,3)11-7(10)5-4-6-9/h5H,4,6H2,1-3H3. The van der Waals surface area contributed by atoms with Crippen LogP contribution in [0.5, 0.6) is 0 Å². The average Bonchev–Trinajstić information content (AvgIpc) is 1.79. The Labute approximate surface area is 76.4 Å². The third-order valence-electron chi connectivity index (χ3n) is 0.827. The maximum absolute atomic E-state index is 10.9. The summed E-state index contributed by atoms with van der Waals surface area (Å²) < 4.78 is 5.02. The van der Waals surface area contributed by atoms with E-state index in [4.69, 9.17) is 4.74 Å². The van der Waals surface area contributed by atoms with Gasteiger partial charge in [0, 0.05) is 5.33 Å². The first-order valence-corrected chi connectivity index (χ1v) is 4.70. The van der Waals surface area contributed by atoms with Crippen molar-refractivity contribution in [3.8, 4) is 0 Å². The normalized spacial score (nSPS) is 11.3. The van der Waals surface area contributed by atoms with E-state index in [2.05, 4.69) is 15.9 Å². The van der Waals surface area contributed by atoms with Gasteiger partial charge in [0.2, 0.25) is 0 Å². The molecule has 0 atom stereocenters. The van der Waals surface area contributed by atoms with E-state index in [0.29, 0.717) is 0 Å². The van der Waals surface area contributed by atoms with Gasteiger partial charge in [0.25, 0.3) is 0 Å². The fourth-order valence-corrected chi connectivity index (χ4v) is 0.745. The molecular weight excluding hydrogens is 208 g/mol. The lowest BCUT2D eigenvalue weighted by atomic mass is 10.2. The van der Waals surface area contributed by atoms with Gasteiger partial charge in [-0.15, -0.1) is 0 Å².